The Hall–Kier alpha value is -2.70. The van der Waals surface area contributed by atoms with Gasteiger partial charge < -0.3 is 24.6 Å². The maximum atomic E-state index is 13.6. The molecule has 1 fully saturated rings. The molecule has 0 bridgehead atoms. The van der Waals surface area contributed by atoms with Crippen molar-refractivity contribution in [2.75, 3.05) is 26.9 Å². The zero-order valence-electron chi connectivity index (χ0n) is 23.0. The summed E-state index contributed by atoms with van der Waals surface area (Å²) in [6.07, 6.45) is 0.576. The van der Waals surface area contributed by atoms with Crippen LogP contribution in [0.2, 0.25) is 0 Å². The fraction of sp³-hybridized carbons (Fsp3) is 0.536. The van der Waals surface area contributed by atoms with Gasteiger partial charge in [0, 0.05) is 6.61 Å². The van der Waals surface area contributed by atoms with Crippen molar-refractivity contribution in [2.45, 2.75) is 75.2 Å². The molecule has 3 atom stereocenters. The van der Waals surface area contributed by atoms with E-state index in [2.05, 4.69) is 5.32 Å². The first kappa shape index (κ1) is 30.8. The highest BCUT2D eigenvalue weighted by molar-refractivity contribution is 7.89. The number of aliphatic hydroxyl groups is 1. The summed E-state index contributed by atoms with van der Waals surface area (Å²) in [7, 11) is -2.70. The SMILES string of the molecule is COc1ccc(S(=O)(=O)N(C[C@@H](O)[C@H](Cc2ccccc2)NC(=O)OC(C)(C)C)OCC2CCCCO2)cc1. The minimum absolute atomic E-state index is 0.00491. The van der Waals surface area contributed by atoms with Gasteiger partial charge in [0.15, 0.2) is 0 Å². The second-order valence-electron chi connectivity index (χ2n) is 10.5. The monoisotopic (exact) mass is 564 g/mol. The molecule has 3 rings (SSSR count). The van der Waals surface area contributed by atoms with E-state index in [1.54, 1.807) is 20.8 Å². The Kier molecular flexibility index (Phi) is 11.1. The number of rotatable bonds is 12. The van der Waals surface area contributed by atoms with Gasteiger partial charge in [-0.25, -0.2) is 13.2 Å². The molecule has 2 aromatic rings. The van der Waals surface area contributed by atoms with E-state index in [9.17, 15) is 18.3 Å². The first-order valence-corrected chi connectivity index (χ1v) is 14.5. The van der Waals surface area contributed by atoms with Crippen molar-refractivity contribution < 1.29 is 37.4 Å². The molecular formula is C28H40N2O8S. The number of aliphatic hydroxyl groups excluding tert-OH is 1. The fourth-order valence-corrected chi connectivity index (χ4v) is 5.34. The predicted molar refractivity (Wildman–Crippen MR) is 146 cm³/mol. The van der Waals surface area contributed by atoms with Gasteiger partial charge in [0.05, 0.1) is 43.4 Å². The largest absolute Gasteiger partial charge is 0.497 e. The predicted octanol–water partition coefficient (Wildman–Crippen LogP) is 3.68. The third-order valence-corrected chi connectivity index (χ3v) is 7.76. The lowest BCUT2D eigenvalue weighted by atomic mass is 10.0. The quantitative estimate of drug-likeness (QED) is 0.374. The summed E-state index contributed by atoms with van der Waals surface area (Å²) in [6, 6.07) is 14.3. The normalized spacial score (nSPS) is 17.8. The number of sulfonamides is 1. The highest BCUT2D eigenvalue weighted by Gasteiger charge is 2.33. The molecule has 216 valence electrons. The average molecular weight is 565 g/mol. The van der Waals surface area contributed by atoms with Gasteiger partial charge in [-0.15, -0.1) is 0 Å². The molecule has 1 saturated heterocycles. The topological polar surface area (TPSA) is 124 Å². The Labute approximate surface area is 231 Å². The average Bonchev–Trinajstić information content (AvgIpc) is 2.90. The summed E-state index contributed by atoms with van der Waals surface area (Å²) in [5.74, 6) is 0.501. The molecule has 11 heteroatoms. The molecule has 39 heavy (non-hydrogen) atoms. The summed E-state index contributed by atoms with van der Waals surface area (Å²) in [5, 5.41) is 14.0. The van der Waals surface area contributed by atoms with Crippen molar-refractivity contribution in [1.82, 2.24) is 9.79 Å². The third-order valence-electron chi connectivity index (χ3n) is 6.10. The number of ether oxygens (including phenoxy) is 3. The fourth-order valence-electron chi connectivity index (χ4n) is 4.08. The van der Waals surface area contributed by atoms with E-state index in [4.69, 9.17) is 19.0 Å². The van der Waals surface area contributed by atoms with Crippen LogP contribution in [0.4, 0.5) is 4.79 Å². The second kappa shape index (κ2) is 14.1. The molecule has 1 amide bonds. The zero-order chi connectivity index (χ0) is 28.5. The lowest BCUT2D eigenvalue weighted by Crippen LogP contribution is -2.51. The highest BCUT2D eigenvalue weighted by Crippen LogP contribution is 2.22. The number of carbonyl (C=O) groups is 1. The van der Waals surface area contributed by atoms with Crippen LogP contribution in [0.15, 0.2) is 59.5 Å². The molecule has 1 heterocycles. The number of hydroxylamine groups is 1. The van der Waals surface area contributed by atoms with Crippen molar-refractivity contribution >= 4 is 16.1 Å². The van der Waals surface area contributed by atoms with Crippen LogP contribution in [0, 0.1) is 0 Å². The Bertz CT molecular complexity index is 1130. The van der Waals surface area contributed by atoms with Crippen LogP contribution in [0.1, 0.15) is 45.6 Å². The van der Waals surface area contributed by atoms with Crippen molar-refractivity contribution in [2.24, 2.45) is 0 Å². The van der Waals surface area contributed by atoms with E-state index >= 15 is 0 Å². The van der Waals surface area contributed by atoms with Gasteiger partial charge in [-0.1, -0.05) is 34.8 Å². The van der Waals surface area contributed by atoms with Crippen molar-refractivity contribution in [3.05, 3.63) is 60.2 Å². The molecular weight excluding hydrogens is 524 g/mol. The Morgan fingerprint density at radius 3 is 2.41 bits per heavy atom. The number of amides is 1. The molecule has 1 aliphatic rings. The van der Waals surface area contributed by atoms with E-state index in [0.29, 0.717) is 12.4 Å². The molecule has 0 radical (unpaired) electrons. The van der Waals surface area contributed by atoms with E-state index in [1.165, 1.54) is 31.4 Å². The number of methoxy groups -OCH3 is 1. The van der Waals surface area contributed by atoms with Crippen molar-refractivity contribution in [3.63, 3.8) is 0 Å². The van der Waals surface area contributed by atoms with E-state index in [0.717, 1.165) is 29.3 Å². The molecule has 10 nitrogen and oxygen atoms in total. The lowest BCUT2D eigenvalue weighted by molar-refractivity contribution is -0.147. The molecule has 2 aromatic carbocycles. The number of carbonyl (C=O) groups excluding carboxylic acids is 1. The smallest absolute Gasteiger partial charge is 0.407 e. The molecule has 0 aliphatic carbocycles. The van der Waals surface area contributed by atoms with Gasteiger partial charge in [-0.05, 0) is 76.3 Å². The number of alkyl carbamates (subject to hydrolysis) is 1. The first-order valence-electron chi connectivity index (χ1n) is 13.1. The summed E-state index contributed by atoms with van der Waals surface area (Å²) in [4.78, 5) is 18.4. The van der Waals surface area contributed by atoms with Gasteiger partial charge in [0.1, 0.15) is 11.4 Å². The third kappa shape index (κ3) is 9.77. The Morgan fingerprint density at radius 2 is 1.82 bits per heavy atom. The summed E-state index contributed by atoms with van der Waals surface area (Å²) >= 11 is 0. The van der Waals surface area contributed by atoms with Crippen LogP contribution in [0.3, 0.4) is 0 Å². The van der Waals surface area contributed by atoms with Gasteiger partial charge in [0.2, 0.25) is 0 Å². The van der Waals surface area contributed by atoms with Gasteiger partial charge in [-0.3, -0.25) is 4.84 Å². The van der Waals surface area contributed by atoms with Crippen LogP contribution in [0.5, 0.6) is 5.75 Å². The molecule has 0 aromatic heterocycles. The summed E-state index contributed by atoms with van der Waals surface area (Å²) < 4.78 is 44.3. The Morgan fingerprint density at radius 1 is 1.13 bits per heavy atom. The van der Waals surface area contributed by atoms with Crippen molar-refractivity contribution in [1.29, 1.82) is 0 Å². The number of hydrogen-bond acceptors (Lipinski definition) is 8. The molecule has 2 N–H and O–H groups in total. The van der Waals surface area contributed by atoms with Crippen LogP contribution in [0.25, 0.3) is 0 Å². The molecule has 0 spiro atoms. The molecule has 1 aliphatic heterocycles. The maximum Gasteiger partial charge on any atom is 0.407 e. The lowest BCUT2D eigenvalue weighted by Gasteiger charge is -2.31. The van der Waals surface area contributed by atoms with Gasteiger partial charge >= 0.3 is 6.09 Å². The van der Waals surface area contributed by atoms with Crippen molar-refractivity contribution in [3.8, 4) is 5.75 Å². The number of hydrogen-bond donors (Lipinski definition) is 2. The number of nitrogens with one attached hydrogen (secondary N) is 1. The first-order chi connectivity index (χ1) is 18.5. The Balaban J connectivity index is 1.84. The number of benzene rings is 2. The minimum Gasteiger partial charge on any atom is -0.497 e. The van der Waals surface area contributed by atoms with Crippen LogP contribution >= 0.6 is 0 Å². The van der Waals surface area contributed by atoms with Gasteiger partial charge in [-0.2, -0.15) is 0 Å². The van der Waals surface area contributed by atoms with E-state index in [-0.39, 0.29) is 24.0 Å². The molecule has 1 unspecified atom stereocenters. The maximum absolute atomic E-state index is 13.6. The van der Waals surface area contributed by atoms with Crippen LogP contribution in [-0.2, 0) is 30.8 Å². The molecule has 0 saturated carbocycles. The van der Waals surface area contributed by atoms with Crippen LogP contribution < -0.4 is 10.1 Å². The standard InChI is InChI=1S/C28H40N2O8S/c1-28(2,3)38-27(32)29-25(18-21-10-6-5-7-11-21)26(31)19-30(37-20-23-12-8-9-17-36-23)39(33,34)24-15-13-22(35-4)14-16-24/h5-7,10-11,13-16,23,25-26,31H,8-9,12,17-20H2,1-4H3,(H,29,32)/t23?,25-,26+/m0/s1. The minimum atomic E-state index is -4.19. The number of nitrogens with zero attached hydrogens (tertiary/aromatic N) is 1. The summed E-state index contributed by atoms with van der Waals surface area (Å²) in [5.41, 5.74) is 0.0952. The van der Waals surface area contributed by atoms with Gasteiger partial charge in [0.25, 0.3) is 10.0 Å². The second-order valence-corrected chi connectivity index (χ2v) is 12.3. The highest BCUT2D eigenvalue weighted by atomic mass is 32.2. The van der Waals surface area contributed by atoms with E-state index in [1.807, 2.05) is 30.3 Å². The van der Waals surface area contributed by atoms with E-state index < -0.39 is 40.4 Å². The zero-order valence-corrected chi connectivity index (χ0v) is 23.9. The van der Waals surface area contributed by atoms with Crippen LogP contribution in [-0.4, -0.2) is 74.8 Å². The summed E-state index contributed by atoms with van der Waals surface area (Å²) in [6.45, 7) is 5.36.